The molecule has 1 unspecified atom stereocenters. The maximum atomic E-state index is 11.1. The molecule has 0 aromatic heterocycles. The molecule has 1 heterocycles. The van der Waals surface area contributed by atoms with E-state index >= 15 is 0 Å². The van der Waals surface area contributed by atoms with Crippen molar-refractivity contribution in [2.45, 2.75) is 5.25 Å². The first-order valence-corrected chi connectivity index (χ1v) is 5.51. The fourth-order valence-electron chi connectivity index (χ4n) is 0.849. The molecule has 0 radical (unpaired) electrons. The summed E-state index contributed by atoms with van der Waals surface area (Å²) in [5, 5.41) is 9.20. The molecule has 1 rings (SSSR count). The number of rotatable bonds is 2. The monoisotopic (exact) mass is 262 g/mol. The summed E-state index contributed by atoms with van der Waals surface area (Å²) in [6.45, 7) is 0. The molecule has 0 bridgehead atoms. The zero-order chi connectivity index (χ0) is 10.9. The predicted octanol–water partition coefficient (Wildman–Crippen LogP) is -5.66. The van der Waals surface area contributed by atoms with Crippen molar-refractivity contribution in [3.05, 3.63) is 0 Å². The van der Waals surface area contributed by atoms with Gasteiger partial charge in [0, 0.05) is 0 Å². The van der Waals surface area contributed by atoms with Gasteiger partial charge in [-0.3, -0.25) is 9.59 Å². The van der Waals surface area contributed by atoms with Gasteiger partial charge in [0.1, 0.15) is 5.21 Å². The number of sulfone groups is 1. The van der Waals surface area contributed by atoms with Crippen LogP contribution in [0, 0.1) is 0 Å². The molecule has 0 aromatic carbocycles. The summed E-state index contributed by atoms with van der Waals surface area (Å²) in [5.41, 5.74) is 0. The van der Waals surface area contributed by atoms with E-state index in [2.05, 4.69) is 4.99 Å². The minimum absolute atomic E-state index is 0. The van der Waals surface area contributed by atoms with E-state index in [1.54, 1.807) is 5.32 Å². The van der Waals surface area contributed by atoms with Gasteiger partial charge < -0.3 is 10.4 Å². The maximum absolute atomic E-state index is 11.1. The number of hydrogen-bond acceptors (Lipinski definition) is 5. The van der Waals surface area contributed by atoms with E-state index in [9.17, 15) is 23.1 Å². The summed E-state index contributed by atoms with van der Waals surface area (Å²) in [6.07, 6.45) is 0. The molecule has 0 aliphatic carbocycles. The Hall–Kier alpha value is -0.150. The van der Waals surface area contributed by atoms with E-state index in [0.29, 0.717) is 0 Å². The topological polar surface area (TPSA) is 116 Å². The maximum Gasteiger partial charge on any atom is 1.00 e. The molecule has 7 nitrogen and oxygen atoms in total. The van der Waals surface area contributed by atoms with Crippen LogP contribution in [-0.4, -0.2) is 36.7 Å². The molecule has 0 saturated carbocycles. The molecule has 1 N–H and O–H groups in total. The van der Waals surface area contributed by atoms with Gasteiger partial charge in [-0.05, 0) is 0 Å². The van der Waals surface area contributed by atoms with E-state index in [0.717, 1.165) is 0 Å². The summed E-state index contributed by atoms with van der Waals surface area (Å²) < 4.78 is 22.2. The minimum atomic E-state index is -4.09. The van der Waals surface area contributed by atoms with Crippen LogP contribution in [0.15, 0.2) is 4.99 Å². The van der Waals surface area contributed by atoms with Gasteiger partial charge in [-0.25, -0.2) is 13.4 Å². The zero-order valence-corrected chi connectivity index (χ0v) is 11.1. The van der Waals surface area contributed by atoms with Gasteiger partial charge in [0.2, 0.25) is 5.25 Å². The first kappa shape index (κ1) is 14.8. The Balaban J connectivity index is 0.00000196. The SMILES string of the molecule is O=C1N=C([O-])NC(=O)C1S(=O)(=O)CCl.[Na+]. The third-order valence-electron chi connectivity index (χ3n) is 1.42. The van der Waals surface area contributed by atoms with Crippen LogP contribution >= 0.6 is 11.6 Å². The minimum Gasteiger partial charge on any atom is -0.846 e. The summed E-state index contributed by atoms with van der Waals surface area (Å²) in [6, 6.07) is -1.17. The van der Waals surface area contributed by atoms with Crippen molar-refractivity contribution in [2.24, 2.45) is 4.99 Å². The summed E-state index contributed by atoms with van der Waals surface area (Å²) in [5.74, 6) is -2.52. The van der Waals surface area contributed by atoms with Crippen molar-refractivity contribution < 1.29 is 52.7 Å². The number of carbonyl (C=O) groups excluding carboxylic acids is 2. The Labute approximate surface area is 112 Å². The van der Waals surface area contributed by atoms with Crippen LogP contribution in [0.5, 0.6) is 0 Å². The molecule has 1 atom stereocenters. The largest absolute Gasteiger partial charge is 1.00 e. The van der Waals surface area contributed by atoms with E-state index in [1.165, 1.54) is 0 Å². The van der Waals surface area contributed by atoms with Crippen molar-refractivity contribution in [3.63, 3.8) is 0 Å². The van der Waals surface area contributed by atoms with E-state index < -0.39 is 38.1 Å². The van der Waals surface area contributed by atoms with E-state index in [4.69, 9.17) is 11.6 Å². The quantitative estimate of drug-likeness (QED) is 0.302. The third kappa shape index (κ3) is 3.15. The zero-order valence-electron chi connectivity index (χ0n) is 7.56. The fraction of sp³-hybridized carbons (Fsp3) is 0.400. The van der Waals surface area contributed by atoms with Crippen LogP contribution in [0.2, 0.25) is 0 Å². The average Bonchev–Trinajstić information content (AvgIpc) is 2.01. The molecule has 78 valence electrons. The molecule has 0 saturated heterocycles. The Morgan fingerprint density at radius 2 is 2.00 bits per heavy atom. The second-order valence-corrected chi connectivity index (χ2v) is 5.07. The standard InChI is InChI=1S/C5H5ClN2O5S.Na/c6-1-14(12,13)2-3(9)7-5(11)8-4(2)10;/h2H,1H2,(H2,7,8,9,10,11);/q;+1/p-1. The molecular weight excluding hydrogens is 259 g/mol. The molecule has 15 heavy (non-hydrogen) atoms. The van der Waals surface area contributed by atoms with Crippen molar-refractivity contribution in [1.29, 1.82) is 0 Å². The smallest absolute Gasteiger partial charge is 0.846 e. The summed E-state index contributed by atoms with van der Waals surface area (Å²) in [4.78, 5) is 24.7. The molecule has 2 amide bonds. The second-order valence-electron chi connectivity index (χ2n) is 2.40. The number of carbonyl (C=O) groups is 2. The number of amides is 2. The Kier molecular flexibility index (Phi) is 5.21. The third-order valence-corrected chi connectivity index (χ3v) is 3.77. The van der Waals surface area contributed by atoms with Gasteiger partial charge >= 0.3 is 29.6 Å². The van der Waals surface area contributed by atoms with Gasteiger partial charge in [0.15, 0.2) is 9.84 Å². The molecule has 1 aliphatic heterocycles. The van der Waals surface area contributed by atoms with E-state index in [1.807, 2.05) is 0 Å². The van der Waals surface area contributed by atoms with Crippen LogP contribution in [0.4, 0.5) is 0 Å². The number of nitrogens with zero attached hydrogens (tertiary/aromatic N) is 1. The Morgan fingerprint density at radius 3 is 2.40 bits per heavy atom. The van der Waals surface area contributed by atoms with Crippen LogP contribution in [0.25, 0.3) is 0 Å². The Bertz CT molecular complexity index is 419. The van der Waals surface area contributed by atoms with Crippen LogP contribution in [0.1, 0.15) is 0 Å². The molecule has 0 aromatic rings. The van der Waals surface area contributed by atoms with Crippen LogP contribution in [-0.2, 0) is 19.4 Å². The fourth-order valence-corrected chi connectivity index (χ4v) is 2.10. The predicted molar refractivity (Wildman–Crippen MR) is 44.0 cm³/mol. The number of alkyl halides is 1. The molecular formula is C5H4ClN2NaO5S. The summed E-state index contributed by atoms with van der Waals surface area (Å²) in [7, 11) is -4.09. The normalized spacial score (nSPS) is 21.4. The number of nitrogens with one attached hydrogen (secondary N) is 1. The number of aliphatic imine (C=N–C) groups is 1. The van der Waals surface area contributed by atoms with Crippen molar-refractivity contribution in [2.75, 3.05) is 5.21 Å². The first-order valence-electron chi connectivity index (χ1n) is 3.26. The van der Waals surface area contributed by atoms with Crippen LogP contribution in [0.3, 0.4) is 0 Å². The van der Waals surface area contributed by atoms with Crippen molar-refractivity contribution >= 4 is 39.3 Å². The molecule has 1 aliphatic rings. The van der Waals surface area contributed by atoms with Crippen molar-refractivity contribution in [1.82, 2.24) is 5.32 Å². The summed E-state index contributed by atoms with van der Waals surface area (Å²) >= 11 is 5.05. The molecule has 10 heteroatoms. The number of amidine groups is 1. The number of hydrogen-bond donors (Lipinski definition) is 1. The Morgan fingerprint density at radius 1 is 1.47 bits per heavy atom. The second kappa shape index (κ2) is 5.26. The van der Waals surface area contributed by atoms with E-state index in [-0.39, 0.29) is 29.6 Å². The van der Waals surface area contributed by atoms with Gasteiger partial charge in [0.05, 0.1) is 6.02 Å². The first-order chi connectivity index (χ1) is 6.38. The van der Waals surface area contributed by atoms with Gasteiger partial charge in [0.25, 0.3) is 11.8 Å². The molecule has 0 spiro atoms. The molecule has 0 fully saturated rings. The number of halogens is 1. The van der Waals surface area contributed by atoms with Crippen molar-refractivity contribution in [3.8, 4) is 0 Å². The average molecular weight is 263 g/mol. The van der Waals surface area contributed by atoms with Crippen LogP contribution < -0.4 is 40.0 Å². The van der Waals surface area contributed by atoms with Gasteiger partial charge in [-0.2, -0.15) is 0 Å². The van der Waals surface area contributed by atoms with Gasteiger partial charge in [-0.15, -0.1) is 11.6 Å². The van der Waals surface area contributed by atoms with Gasteiger partial charge in [-0.1, -0.05) is 0 Å².